The fourth-order valence-corrected chi connectivity index (χ4v) is 2.69. The Morgan fingerprint density at radius 1 is 1.14 bits per heavy atom. The number of nitrogens with one attached hydrogen (secondary N) is 2. The zero-order valence-electron chi connectivity index (χ0n) is 11.7. The summed E-state index contributed by atoms with van der Waals surface area (Å²) in [6.45, 7) is 2.68. The van der Waals surface area contributed by atoms with Gasteiger partial charge >= 0.3 is 0 Å². The number of hydrogen-bond acceptors (Lipinski definition) is 1. The van der Waals surface area contributed by atoms with Gasteiger partial charge in [0.15, 0.2) is 0 Å². The first-order chi connectivity index (χ1) is 10.1. The normalized spacial score (nSPS) is 12.7. The Morgan fingerprint density at radius 3 is 2.57 bits per heavy atom. The van der Waals surface area contributed by atoms with Crippen molar-refractivity contribution in [3.63, 3.8) is 0 Å². The summed E-state index contributed by atoms with van der Waals surface area (Å²) in [5.74, 6) is -0.218. The van der Waals surface area contributed by atoms with Crippen LogP contribution in [0.3, 0.4) is 0 Å². The second-order valence-electron chi connectivity index (χ2n) is 5.12. The highest BCUT2D eigenvalue weighted by Gasteiger charge is 2.11. The summed E-state index contributed by atoms with van der Waals surface area (Å²) in [7, 11) is 0. The molecule has 2 aromatic carbocycles. The standard InChI is InChI=1S/C17H16ClFN2/c1-11(12-6-8-13(19)9-7-12)20-10-16-17(18)14-4-2-3-5-15(14)21-16/h2-9,11,20-21H,10H2,1H3/t11-/m1/s1. The second-order valence-corrected chi connectivity index (χ2v) is 5.50. The van der Waals surface area contributed by atoms with Gasteiger partial charge in [0.1, 0.15) is 5.82 Å². The van der Waals surface area contributed by atoms with Gasteiger partial charge in [0.05, 0.1) is 5.02 Å². The molecular formula is C17H16ClFN2. The van der Waals surface area contributed by atoms with Crippen LogP contribution in [0.5, 0.6) is 0 Å². The minimum absolute atomic E-state index is 0.119. The first kappa shape index (κ1) is 14.1. The molecule has 0 aliphatic carbocycles. The van der Waals surface area contributed by atoms with E-state index in [0.717, 1.165) is 27.2 Å². The van der Waals surface area contributed by atoms with Gasteiger partial charge in [0.25, 0.3) is 0 Å². The van der Waals surface area contributed by atoms with Gasteiger partial charge in [-0.3, -0.25) is 0 Å². The fourth-order valence-electron chi connectivity index (χ4n) is 2.41. The van der Waals surface area contributed by atoms with Gasteiger partial charge < -0.3 is 10.3 Å². The Bertz CT molecular complexity index is 749. The van der Waals surface area contributed by atoms with Crippen LogP contribution in [0.25, 0.3) is 10.9 Å². The minimum Gasteiger partial charge on any atom is -0.356 e. The number of benzene rings is 2. The summed E-state index contributed by atoms with van der Waals surface area (Å²) >= 11 is 6.39. The third-order valence-electron chi connectivity index (χ3n) is 3.67. The number of fused-ring (bicyclic) bond motifs is 1. The molecule has 1 heterocycles. The lowest BCUT2D eigenvalue weighted by Crippen LogP contribution is -2.18. The van der Waals surface area contributed by atoms with Gasteiger partial charge in [-0.1, -0.05) is 41.9 Å². The largest absolute Gasteiger partial charge is 0.356 e. The predicted molar refractivity (Wildman–Crippen MR) is 85.0 cm³/mol. The van der Waals surface area contributed by atoms with Crippen LogP contribution in [0.4, 0.5) is 4.39 Å². The summed E-state index contributed by atoms with van der Waals surface area (Å²) < 4.78 is 12.9. The molecule has 3 rings (SSSR count). The van der Waals surface area contributed by atoms with E-state index in [4.69, 9.17) is 11.6 Å². The van der Waals surface area contributed by atoms with Gasteiger partial charge in [-0.25, -0.2) is 4.39 Å². The maximum absolute atomic E-state index is 12.9. The quantitative estimate of drug-likeness (QED) is 0.711. The van der Waals surface area contributed by atoms with Gasteiger partial charge in [-0.15, -0.1) is 0 Å². The Labute approximate surface area is 127 Å². The van der Waals surface area contributed by atoms with Crippen molar-refractivity contribution in [2.24, 2.45) is 0 Å². The molecule has 0 spiro atoms. The van der Waals surface area contributed by atoms with Crippen molar-refractivity contribution in [1.82, 2.24) is 10.3 Å². The number of H-pyrrole nitrogens is 1. The van der Waals surface area contributed by atoms with Crippen LogP contribution < -0.4 is 5.32 Å². The minimum atomic E-state index is -0.218. The molecule has 1 atom stereocenters. The molecule has 0 fully saturated rings. The molecule has 0 aliphatic heterocycles. The molecule has 3 aromatic rings. The molecule has 4 heteroatoms. The first-order valence-corrected chi connectivity index (χ1v) is 7.27. The van der Waals surface area contributed by atoms with Crippen LogP contribution in [0, 0.1) is 5.82 Å². The third kappa shape index (κ3) is 2.94. The molecule has 0 radical (unpaired) electrons. The van der Waals surface area contributed by atoms with Gasteiger partial charge in [0, 0.05) is 29.2 Å². The highest BCUT2D eigenvalue weighted by molar-refractivity contribution is 6.36. The van der Waals surface area contributed by atoms with Gasteiger partial charge in [-0.2, -0.15) is 0 Å². The third-order valence-corrected chi connectivity index (χ3v) is 4.10. The van der Waals surface area contributed by atoms with Crippen molar-refractivity contribution >= 4 is 22.5 Å². The van der Waals surface area contributed by atoms with Crippen LogP contribution in [0.2, 0.25) is 5.02 Å². The van der Waals surface area contributed by atoms with Crippen molar-refractivity contribution in [2.75, 3.05) is 0 Å². The topological polar surface area (TPSA) is 27.8 Å². The zero-order chi connectivity index (χ0) is 14.8. The number of halogens is 2. The van der Waals surface area contributed by atoms with Crippen molar-refractivity contribution in [3.8, 4) is 0 Å². The van der Waals surface area contributed by atoms with Crippen molar-refractivity contribution in [3.05, 3.63) is 70.6 Å². The Morgan fingerprint density at radius 2 is 1.86 bits per heavy atom. The Balaban J connectivity index is 1.74. The molecule has 2 N–H and O–H groups in total. The highest BCUT2D eigenvalue weighted by Crippen LogP contribution is 2.27. The number of para-hydroxylation sites is 1. The summed E-state index contributed by atoms with van der Waals surface area (Å²) in [5, 5.41) is 5.19. The van der Waals surface area contributed by atoms with Crippen LogP contribution in [0.1, 0.15) is 24.2 Å². The molecule has 0 aliphatic rings. The van der Waals surface area contributed by atoms with Crippen LogP contribution in [-0.2, 0) is 6.54 Å². The maximum Gasteiger partial charge on any atom is 0.123 e. The van der Waals surface area contributed by atoms with E-state index in [1.807, 2.05) is 31.2 Å². The summed E-state index contributed by atoms with van der Waals surface area (Å²) in [6, 6.07) is 14.6. The second kappa shape index (κ2) is 5.88. The number of aromatic amines is 1. The van der Waals surface area contributed by atoms with Crippen LogP contribution >= 0.6 is 11.6 Å². The average Bonchev–Trinajstić information content (AvgIpc) is 2.82. The van der Waals surface area contributed by atoms with E-state index in [-0.39, 0.29) is 11.9 Å². The lowest BCUT2D eigenvalue weighted by atomic mass is 10.1. The summed E-state index contributed by atoms with van der Waals surface area (Å²) in [6.07, 6.45) is 0. The smallest absolute Gasteiger partial charge is 0.123 e. The zero-order valence-corrected chi connectivity index (χ0v) is 12.4. The molecule has 0 unspecified atom stereocenters. The fraction of sp³-hybridized carbons (Fsp3) is 0.176. The van der Waals surface area contributed by atoms with E-state index in [1.54, 1.807) is 12.1 Å². The summed E-state index contributed by atoms with van der Waals surface area (Å²) in [5.41, 5.74) is 3.05. The van der Waals surface area contributed by atoms with Crippen LogP contribution in [-0.4, -0.2) is 4.98 Å². The highest BCUT2D eigenvalue weighted by atomic mass is 35.5. The Hall–Kier alpha value is -1.84. The lowest BCUT2D eigenvalue weighted by Gasteiger charge is -2.13. The van der Waals surface area contributed by atoms with Crippen LogP contribution in [0.15, 0.2) is 48.5 Å². The molecule has 0 saturated heterocycles. The van der Waals surface area contributed by atoms with Crippen molar-refractivity contribution in [2.45, 2.75) is 19.5 Å². The monoisotopic (exact) mass is 302 g/mol. The molecule has 0 bridgehead atoms. The van der Waals surface area contributed by atoms with Gasteiger partial charge in [0.2, 0.25) is 0 Å². The lowest BCUT2D eigenvalue weighted by molar-refractivity contribution is 0.566. The van der Waals surface area contributed by atoms with E-state index in [9.17, 15) is 4.39 Å². The van der Waals surface area contributed by atoms with Crippen molar-refractivity contribution < 1.29 is 4.39 Å². The van der Waals surface area contributed by atoms with E-state index in [2.05, 4.69) is 10.3 Å². The Kier molecular flexibility index (Phi) is 3.95. The molecule has 0 saturated carbocycles. The number of rotatable bonds is 4. The van der Waals surface area contributed by atoms with E-state index in [1.165, 1.54) is 12.1 Å². The first-order valence-electron chi connectivity index (χ1n) is 6.89. The number of hydrogen-bond donors (Lipinski definition) is 2. The molecule has 21 heavy (non-hydrogen) atoms. The molecule has 2 nitrogen and oxygen atoms in total. The van der Waals surface area contributed by atoms with Crippen molar-refractivity contribution in [1.29, 1.82) is 0 Å². The average molecular weight is 303 g/mol. The molecular weight excluding hydrogens is 287 g/mol. The molecule has 108 valence electrons. The molecule has 0 amide bonds. The molecule has 1 aromatic heterocycles. The van der Waals surface area contributed by atoms with E-state index < -0.39 is 0 Å². The summed E-state index contributed by atoms with van der Waals surface area (Å²) in [4.78, 5) is 3.33. The number of aromatic nitrogens is 1. The maximum atomic E-state index is 12.9. The van der Waals surface area contributed by atoms with E-state index in [0.29, 0.717) is 6.54 Å². The van der Waals surface area contributed by atoms with E-state index >= 15 is 0 Å². The predicted octanol–water partition coefficient (Wildman–Crippen LogP) is 4.81. The SMILES string of the molecule is C[C@@H](NCc1[nH]c2ccccc2c1Cl)c1ccc(F)cc1. The van der Waals surface area contributed by atoms with Gasteiger partial charge in [-0.05, 0) is 30.7 Å².